The average molecular weight is 564 g/mol. The van der Waals surface area contributed by atoms with E-state index >= 15 is 0 Å². The third-order valence-electron chi connectivity index (χ3n) is 5.60. The molecule has 4 amide bonds. The molecule has 2 aromatic rings. The number of carbonyl (C=O) groups is 5. The van der Waals surface area contributed by atoms with Gasteiger partial charge in [0.05, 0.1) is 18.8 Å². The number of rotatable bonds is 16. The van der Waals surface area contributed by atoms with Crippen molar-refractivity contribution in [1.29, 1.82) is 0 Å². The second-order valence-corrected chi connectivity index (χ2v) is 9.72. The standard InChI is InChI=1S/C24H33N7O7S/c1-39-7-6-17(29-21(34)16(25)9-14-11-27-12-28-14)22(35)30-18(10-20(26)33)23(36)31-19(24(37)38)8-13-2-4-15(32)5-3-13/h2-5,11-12,16-19,32H,6-10,25H2,1H3,(H2,26,33)(H,27,28)(H,29,34)(H,30,35)(H,31,36)(H,37,38). The predicted molar refractivity (Wildman–Crippen MR) is 142 cm³/mol. The summed E-state index contributed by atoms with van der Waals surface area (Å²) in [7, 11) is 0. The van der Waals surface area contributed by atoms with Crippen LogP contribution in [0.4, 0.5) is 0 Å². The molecule has 0 aliphatic rings. The van der Waals surface area contributed by atoms with Gasteiger partial charge in [-0.25, -0.2) is 9.78 Å². The van der Waals surface area contributed by atoms with E-state index in [-0.39, 0.29) is 25.0 Å². The summed E-state index contributed by atoms with van der Waals surface area (Å²) in [6, 6.07) is 0.758. The number of carboxylic acids is 1. The summed E-state index contributed by atoms with van der Waals surface area (Å²) < 4.78 is 0. The van der Waals surface area contributed by atoms with Crippen molar-refractivity contribution in [2.75, 3.05) is 12.0 Å². The smallest absolute Gasteiger partial charge is 0.326 e. The molecule has 4 atom stereocenters. The Kier molecular flexibility index (Phi) is 12.2. The highest BCUT2D eigenvalue weighted by molar-refractivity contribution is 7.98. The van der Waals surface area contributed by atoms with Crippen LogP contribution in [-0.4, -0.2) is 86.0 Å². The Morgan fingerprint density at radius 3 is 2.15 bits per heavy atom. The molecule has 14 nitrogen and oxygen atoms in total. The van der Waals surface area contributed by atoms with Crippen molar-refractivity contribution in [1.82, 2.24) is 25.9 Å². The lowest BCUT2D eigenvalue weighted by Crippen LogP contribution is -2.58. The molecule has 0 saturated carbocycles. The lowest BCUT2D eigenvalue weighted by Gasteiger charge is -2.24. The van der Waals surface area contributed by atoms with Crippen LogP contribution in [0.15, 0.2) is 36.8 Å². The third kappa shape index (κ3) is 10.6. The second-order valence-electron chi connectivity index (χ2n) is 8.73. The number of aromatic hydroxyl groups is 1. The summed E-state index contributed by atoms with van der Waals surface area (Å²) in [4.78, 5) is 68.9. The first kappa shape index (κ1) is 31.1. The molecule has 0 aliphatic carbocycles. The maximum absolute atomic E-state index is 13.1. The molecule has 1 heterocycles. The van der Waals surface area contributed by atoms with E-state index in [1.807, 2.05) is 6.26 Å². The minimum Gasteiger partial charge on any atom is -0.508 e. The van der Waals surface area contributed by atoms with Gasteiger partial charge >= 0.3 is 5.97 Å². The van der Waals surface area contributed by atoms with E-state index in [2.05, 4.69) is 25.9 Å². The van der Waals surface area contributed by atoms with E-state index in [0.717, 1.165) is 0 Å². The van der Waals surface area contributed by atoms with Crippen molar-refractivity contribution in [3.8, 4) is 5.75 Å². The Morgan fingerprint density at radius 1 is 0.974 bits per heavy atom. The number of nitrogens with one attached hydrogen (secondary N) is 4. The van der Waals surface area contributed by atoms with Crippen LogP contribution in [0.1, 0.15) is 24.1 Å². The number of benzene rings is 1. The molecule has 1 aromatic heterocycles. The van der Waals surface area contributed by atoms with Gasteiger partial charge in [0.15, 0.2) is 0 Å². The van der Waals surface area contributed by atoms with Gasteiger partial charge in [0.2, 0.25) is 23.6 Å². The number of thioether (sulfide) groups is 1. The van der Waals surface area contributed by atoms with E-state index in [4.69, 9.17) is 11.5 Å². The van der Waals surface area contributed by atoms with Gasteiger partial charge in [0.1, 0.15) is 23.9 Å². The van der Waals surface area contributed by atoms with Crippen LogP contribution >= 0.6 is 11.8 Å². The van der Waals surface area contributed by atoms with Crippen molar-refractivity contribution >= 4 is 41.4 Å². The fraction of sp³-hybridized carbons (Fsp3) is 0.417. The zero-order valence-electron chi connectivity index (χ0n) is 21.3. The number of carbonyl (C=O) groups excluding carboxylic acids is 4. The number of nitrogens with zero attached hydrogens (tertiary/aromatic N) is 1. The maximum atomic E-state index is 13.1. The predicted octanol–water partition coefficient (Wildman–Crippen LogP) is -1.60. The molecule has 1 aromatic carbocycles. The fourth-order valence-corrected chi connectivity index (χ4v) is 4.00. The Morgan fingerprint density at radius 2 is 1.59 bits per heavy atom. The monoisotopic (exact) mass is 563 g/mol. The summed E-state index contributed by atoms with van der Waals surface area (Å²) in [6.07, 6.45) is 4.38. The van der Waals surface area contributed by atoms with Crippen molar-refractivity contribution in [3.63, 3.8) is 0 Å². The van der Waals surface area contributed by atoms with Gasteiger partial charge in [-0.3, -0.25) is 19.2 Å². The maximum Gasteiger partial charge on any atom is 0.326 e. The van der Waals surface area contributed by atoms with Crippen molar-refractivity contribution in [3.05, 3.63) is 48.0 Å². The minimum absolute atomic E-state index is 0.00993. The largest absolute Gasteiger partial charge is 0.508 e. The van der Waals surface area contributed by atoms with Crippen molar-refractivity contribution in [2.45, 2.75) is 49.9 Å². The summed E-state index contributed by atoms with van der Waals surface area (Å²) in [5.74, 6) is -4.11. The molecule has 2 rings (SSSR count). The molecule has 4 unspecified atom stereocenters. The molecule has 0 fully saturated rings. The van der Waals surface area contributed by atoms with Crippen molar-refractivity contribution < 1.29 is 34.2 Å². The van der Waals surface area contributed by atoms with E-state index in [0.29, 0.717) is 17.0 Å². The lowest BCUT2D eigenvalue weighted by atomic mass is 10.0. The number of phenols is 1. The Balaban J connectivity index is 2.11. The van der Waals surface area contributed by atoms with Crippen LogP contribution < -0.4 is 27.4 Å². The second kappa shape index (κ2) is 15.3. The molecule has 212 valence electrons. The van der Waals surface area contributed by atoms with Gasteiger partial charge in [0, 0.05) is 24.7 Å². The number of aliphatic carboxylic acids is 1. The molecule has 0 saturated heterocycles. The van der Waals surface area contributed by atoms with Crippen LogP contribution in [0, 0.1) is 0 Å². The highest BCUT2D eigenvalue weighted by atomic mass is 32.2. The van der Waals surface area contributed by atoms with Crippen LogP contribution in [0.25, 0.3) is 0 Å². The molecule has 0 spiro atoms. The summed E-state index contributed by atoms with van der Waals surface area (Å²) in [5.41, 5.74) is 12.4. The minimum atomic E-state index is -1.50. The van der Waals surface area contributed by atoms with Crippen molar-refractivity contribution in [2.24, 2.45) is 11.5 Å². The number of imidazole rings is 1. The molecule has 15 heteroatoms. The fourth-order valence-electron chi connectivity index (χ4n) is 3.53. The topological polar surface area (TPSA) is 243 Å². The molecule has 0 bridgehead atoms. The number of nitrogens with two attached hydrogens (primary N) is 2. The first-order valence-corrected chi connectivity index (χ1v) is 13.3. The highest BCUT2D eigenvalue weighted by Crippen LogP contribution is 2.12. The van der Waals surface area contributed by atoms with E-state index in [1.165, 1.54) is 48.6 Å². The zero-order chi connectivity index (χ0) is 28.9. The van der Waals surface area contributed by atoms with E-state index in [1.54, 1.807) is 0 Å². The Labute approximate surface area is 228 Å². The number of primary amides is 1. The molecule has 0 aliphatic heterocycles. The number of aromatic nitrogens is 2. The molecule has 0 radical (unpaired) electrons. The van der Waals surface area contributed by atoms with Gasteiger partial charge in [-0.05, 0) is 36.1 Å². The number of phenolic OH excluding ortho intramolecular Hbond substituents is 1. The Bertz CT molecular complexity index is 1130. The summed E-state index contributed by atoms with van der Waals surface area (Å²) in [6.45, 7) is 0. The number of carboxylic acid groups (broad SMARTS) is 1. The quantitative estimate of drug-likeness (QED) is 0.116. The number of hydrogen-bond donors (Lipinski definition) is 8. The first-order valence-electron chi connectivity index (χ1n) is 11.9. The summed E-state index contributed by atoms with van der Waals surface area (Å²) >= 11 is 1.43. The zero-order valence-corrected chi connectivity index (χ0v) is 22.1. The lowest BCUT2D eigenvalue weighted by molar-refractivity contribution is -0.142. The third-order valence-corrected chi connectivity index (χ3v) is 6.25. The van der Waals surface area contributed by atoms with Gasteiger partial charge in [-0.2, -0.15) is 11.8 Å². The molecular weight excluding hydrogens is 530 g/mol. The van der Waals surface area contributed by atoms with E-state index in [9.17, 15) is 34.2 Å². The average Bonchev–Trinajstić information content (AvgIpc) is 3.39. The number of H-pyrrole nitrogens is 1. The van der Waals surface area contributed by atoms with Gasteiger partial charge < -0.3 is 42.6 Å². The number of amides is 4. The van der Waals surface area contributed by atoms with Gasteiger partial charge in [-0.1, -0.05) is 12.1 Å². The van der Waals surface area contributed by atoms with E-state index < -0.39 is 60.2 Å². The molecular formula is C24H33N7O7S. The van der Waals surface area contributed by atoms with Crippen LogP contribution in [-0.2, 0) is 36.8 Å². The highest BCUT2D eigenvalue weighted by Gasteiger charge is 2.31. The Hall–Kier alpha value is -4.11. The van der Waals surface area contributed by atoms with Crippen LogP contribution in [0.5, 0.6) is 5.75 Å². The number of hydrogen-bond acceptors (Lipinski definition) is 9. The van der Waals surface area contributed by atoms with Gasteiger partial charge in [0.25, 0.3) is 0 Å². The van der Waals surface area contributed by atoms with Crippen LogP contribution in [0.3, 0.4) is 0 Å². The number of aromatic amines is 1. The van der Waals surface area contributed by atoms with Crippen LogP contribution in [0.2, 0.25) is 0 Å². The molecule has 39 heavy (non-hydrogen) atoms. The first-order chi connectivity index (χ1) is 18.5. The summed E-state index contributed by atoms with van der Waals surface area (Å²) in [5, 5.41) is 26.3. The molecule has 10 N–H and O–H groups in total. The normalized spacial score (nSPS) is 13.9. The van der Waals surface area contributed by atoms with Gasteiger partial charge in [-0.15, -0.1) is 0 Å². The SMILES string of the molecule is CSCCC(NC(=O)C(N)Cc1cnc[nH]1)C(=O)NC(CC(N)=O)C(=O)NC(Cc1ccc(O)cc1)C(=O)O.